The van der Waals surface area contributed by atoms with Gasteiger partial charge in [-0.15, -0.1) is 0 Å². The molecule has 1 unspecified atom stereocenters. The van der Waals surface area contributed by atoms with E-state index in [1.807, 2.05) is 30.3 Å². The van der Waals surface area contributed by atoms with Crippen molar-refractivity contribution < 1.29 is 9.59 Å². The Morgan fingerprint density at radius 3 is 2.06 bits per heavy atom. The number of rotatable bonds is 2. The van der Waals surface area contributed by atoms with Gasteiger partial charge in [-0.1, -0.05) is 43.2 Å². The second-order valence-corrected chi connectivity index (χ2v) is 5.25. The number of carbonyl (C=O) groups is 2. The lowest BCUT2D eigenvalue weighted by molar-refractivity contribution is -0.140. The average Bonchev–Trinajstić information content (AvgIpc) is 2.66. The van der Waals surface area contributed by atoms with Crippen molar-refractivity contribution in [2.24, 2.45) is 11.8 Å². The Labute approximate surface area is 107 Å². The third-order valence-electron chi connectivity index (χ3n) is 4.12. The van der Waals surface area contributed by atoms with E-state index in [1.54, 1.807) is 0 Å². The Morgan fingerprint density at radius 2 is 1.50 bits per heavy atom. The number of nitrogens with zero attached hydrogens (tertiary/aromatic N) is 1. The van der Waals surface area contributed by atoms with Crippen LogP contribution in [0.5, 0.6) is 0 Å². The summed E-state index contributed by atoms with van der Waals surface area (Å²) >= 11 is 0. The van der Waals surface area contributed by atoms with E-state index in [2.05, 4.69) is 0 Å². The van der Waals surface area contributed by atoms with E-state index in [9.17, 15) is 9.59 Å². The van der Waals surface area contributed by atoms with Crippen molar-refractivity contribution in [2.45, 2.75) is 32.2 Å². The minimum atomic E-state index is -0.0324. The lowest BCUT2D eigenvalue weighted by Crippen LogP contribution is -2.30. The zero-order chi connectivity index (χ0) is 12.5. The van der Waals surface area contributed by atoms with E-state index in [-0.39, 0.29) is 23.7 Å². The van der Waals surface area contributed by atoms with E-state index in [0.29, 0.717) is 6.54 Å². The van der Waals surface area contributed by atoms with Crippen LogP contribution in [0.15, 0.2) is 30.3 Å². The van der Waals surface area contributed by atoms with Gasteiger partial charge in [0.15, 0.2) is 0 Å². The molecule has 1 saturated carbocycles. The molecule has 0 spiro atoms. The van der Waals surface area contributed by atoms with Gasteiger partial charge in [0.2, 0.25) is 11.8 Å². The highest BCUT2D eigenvalue weighted by Gasteiger charge is 2.47. The molecule has 0 N–H and O–H groups in total. The molecule has 3 nitrogen and oxygen atoms in total. The largest absolute Gasteiger partial charge is 0.278 e. The van der Waals surface area contributed by atoms with Gasteiger partial charge in [0.05, 0.1) is 18.4 Å². The van der Waals surface area contributed by atoms with E-state index in [0.717, 1.165) is 31.2 Å². The number of imide groups is 1. The fourth-order valence-corrected chi connectivity index (χ4v) is 3.15. The van der Waals surface area contributed by atoms with Gasteiger partial charge in [0.1, 0.15) is 0 Å². The maximum atomic E-state index is 12.3. The molecule has 0 radical (unpaired) electrons. The van der Waals surface area contributed by atoms with Crippen LogP contribution in [0.1, 0.15) is 31.2 Å². The van der Waals surface area contributed by atoms with Crippen molar-refractivity contribution in [1.29, 1.82) is 0 Å². The molecular formula is C15H17NO2. The monoisotopic (exact) mass is 243 g/mol. The van der Waals surface area contributed by atoms with Gasteiger partial charge in [-0.3, -0.25) is 14.5 Å². The number of fused-ring (bicyclic) bond motifs is 1. The molecule has 2 fully saturated rings. The summed E-state index contributed by atoms with van der Waals surface area (Å²) < 4.78 is 0. The van der Waals surface area contributed by atoms with Crippen molar-refractivity contribution in [1.82, 2.24) is 4.90 Å². The van der Waals surface area contributed by atoms with Gasteiger partial charge < -0.3 is 0 Å². The normalized spacial score (nSPS) is 27.4. The minimum absolute atomic E-state index is 0.0324. The Bertz CT molecular complexity index is 445. The van der Waals surface area contributed by atoms with Crippen LogP contribution < -0.4 is 0 Å². The number of carbonyl (C=O) groups excluding carboxylic acids is 2. The fraction of sp³-hybridized carbons (Fsp3) is 0.467. The zero-order valence-electron chi connectivity index (χ0n) is 10.3. The molecule has 2 atom stereocenters. The summed E-state index contributed by atoms with van der Waals surface area (Å²) in [6.07, 6.45) is 3.94. The van der Waals surface area contributed by atoms with Crippen LogP contribution in [0.4, 0.5) is 0 Å². The first-order valence-corrected chi connectivity index (χ1v) is 6.66. The summed E-state index contributed by atoms with van der Waals surface area (Å²) in [6.45, 7) is 0.436. The molecule has 0 bridgehead atoms. The van der Waals surface area contributed by atoms with Crippen molar-refractivity contribution in [3.05, 3.63) is 35.9 Å². The smallest absolute Gasteiger partial charge is 0.233 e. The van der Waals surface area contributed by atoms with E-state index >= 15 is 0 Å². The number of benzene rings is 1. The molecule has 3 heteroatoms. The van der Waals surface area contributed by atoms with E-state index in [1.165, 1.54) is 4.90 Å². The Morgan fingerprint density at radius 1 is 0.944 bits per heavy atom. The summed E-state index contributed by atoms with van der Waals surface area (Å²) in [5.74, 6) is 0.0343. The zero-order valence-corrected chi connectivity index (χ0v) is 10.3. The Kier molecular flexibility index (Phi) is 2.90. The molecule has 1 aliphatic heterocycles. The molecule has 18 heavy (non-hydrogen) atoms. The van der Waals surface area contributed by atoms with Gasteiger partial charge in [-0.05, 0) is 18.4 Å². The van der Waals surface area contributed by atoms with Crippen LogP contribution >= 0.6 is 0 Å². The molecular weight excluding hydrogens is 226 g/mol. The van der Waals surface area contributed by atoms with Crippen LogP contribution in [-0.2, 0) is 16.1 Å². The highest BCUT2D eigenvalue weighted by atomic mass is 16.2. The SMILES string of the molecule is O=C1C2CCCC[C@@H]2C(=O)N1Cc1ccccc1. The van der Waals surface area contributed by atoms with Gasteiger partial charge in [0, 0.05) is 0 Å². The third kappa shape index (κ3) is 1.84. The van der Waals surface area contributed by atoms with Crippen LogP contribution in [0.2, 0.25) is 0 Å². The van der Waals surface area contributed by atoms with Crippen molar-refractivity contribution in [2.75, 3.05) is 0 Å². The standard InChI is InChI=1S/C15H17NO2/c17-14-12-8-4-5-9-13(12)15(18)16(14)10-11-6-2-1-3-7-11/h1-3,6-7,12-13H,4-5,8-10H2/t12-,13?/m0/s1. The molecule has 1 aromatic carbocycles. The summed E-state index contributed by atoms with van der Waals surface area (Å²) in [5.41, 5.74) is 1.03. The predicted molar refractivity (Wildman–Crippen MR) is 67.4 cm³/mol. The van der Waals surface area contributed by atoms with Crippen molar-refractivity contribution in [3.63, 3.8) is 0 Å². The first-order chi connectivity index (χ1) is 8.77. The molecule has 1 heterocycles. The fourth-order valence-electron chi connectivity index (χ4n) is 3.15. The summed E-state index contributed by atoms with van der Waals surface area (Å²) in [6, 6.07) is 9.74. The van der Waals surface area contributed by atoms with Gasteiger partial charge in [-0.2, -0.15) is 0 Å². The van der Waals surface area contributed by atoms with Crippen molar-refractivity contribution in [3.8, 4) is 0 Å². The molecule has 2 aliphatic rings. The van der Waals surface area contributed by atoms with Crippen LogP contribution in [0.3, 0.4) is 0 Å². The van der Waals surface area contributed by atoms with Crippen LogP contribution in [-0.4, -0.2) is 16.7 Å². The molecule has 94 valence electrons. The number of hydrogen-bond donors (Lipinski definition) is 0. The first kappa shape index (κ1) is 11.5. The molecule has 1 aliphatic carbocycles. The first-order valence-electron chi connectivity index (χ1n) is 6.66. The molecule has 3 rings (SSSR count). The van der Waals surface area contributed by atoms with Crippen LogP contribution in [0.25, 0.3) is 0 Å². The van der Waals surface area contributed by atoms with E-state index < -0.39 is 0 Å². The maximum Gasteiger partial charge on any atom is 0.233 e. The quantitative estimate of drug-likeness (QED) is 0.748. The lowest BCUT2D eigenvalue weighted by atomic mass is 9.81. The highest BCUT2D eigenvalue weighted by molar-refractivity contribution is 6.05. The number of hydrogen-bond acceptors (Lipinski definition) is 2. The molecule has 1 aromatic rings. The lowest BCUT2D eigenvalue weighted by Gasteiger charge is -2.19. The van der Waals surface area contributed by atoms with Crippen molar-refractivity contribution >= 4 is 11.8 Å². The second-order valence-electron chi connectivity index (χ2n) is 5.25. The molecule has 1 saturated heterocycles. The van der Waals surface area contributed by atoms with Gasteiger partial charge in [0.25, 0.3) is 0 Å². The van der Waals surface area contributed by atoms with E-state index in [4.69, 9.17) is 0 Å². The summed E-state index contributed by atoms with van der Waals surface area (Å²) in [5, 5.41) is 0. The Hall–Kier alpha value is -1.64. The van der Waals surface area contributed by atoms with Gasteiger partial charge in [-0.25, -0.2) is 0 Å². The maximum absolute atomic E-state index is 12.3. The second kappa shape index (κ2) is 4.56. The predicted octanol–water partition coefficient (Wildman–Crippen LogP) is 2.36. The Balaban J connectivity index is 1.80. The van der Waals surface area contributed by atoms with Gasteiger partial charge >= 0.3 is 0 Å². The average molecular weight is 243 g/mol. The summed E-state index contributed by atoms with van der Waals surface area (Å²) in [7, 11) is 0. The summed E-state index contributed by atoms with van der Waals surface area (Å²) in [4.78, 5) is 26.0. The minimum Gasteiger partial charge on any atom is -0.278 e. The topological polar surface area (TPSA) is 37.4 Å². The third-order valence-corrected chi connectivity index (χ3v) is 4.12. The molecule has 2 amide bonds. The van der Waals surface area contributed by atoms with Crippen LogP contribution in [0, 0.1) is 11.8 Å². The number of amides is 2. The highest BCUT2D eigenvalue weighted by Crippen LogP contribution is 2.38. The molecule has 0 aromatic heterocycles. The number of likely N-dealkylation sites (tertiary alicyclic amines) is 1.